The molecule has 0 aliphatic rings. The summed E-state index contributed by atoms with van der Waals surface area (Å²) in [6.45, 7) is 0.362. The summed E-state index contributed by atoms with van der Waals surface area (Å²) in [4.78, 5) is 4.06. The fraction of sp³-hybridized carbons (Fsp3) is 0.143. The number of nitrogens with zero attached hydrogens (tertiary/aromatic N) is 2. The number of rotatable bonds is 2. The normalized spacial score (nSPS) is 10.4. The molecule has 2 aromatic heterocycles. The number of aromatic nitrogens is 2. The molecule has 2 rings (SSSR count). The Labute approximate surface area is 68.2 Å². The van der Waals surface area contributed by atoms with E-state index in [0.717, 1.165) is 0 Å². The molecular weight excluding hydrogens is 158 g/mol. The standard InChI is InChI=1S/C7H7N3O2/c8-3-5-4-11-7(9-5)6-1-2-12-10-6/h1-2,4H,3,8H2. The fourth-order valence-electron chi connectivity index (χ4n) is 0.841. The second-order valence-corrected chi connectivity index (χ2v) is 2.23. The van der Waals surface area contributed by atoms with E-state index in [1.165, 1.54) is 12.5 Å². The molecule has 2 N–H and O–H groups in total. The van der Waals surface area contributed by atoms with Gasteiger partial charge in [-0.1, -0.05) is 5.16 Å². The van der Waals surface area contributed by atoms with Crippen molar-refractivity contribution in [2.24, 2.45) is 5.73 Å². The van der Waals surface area contributed by atoms with Crippen LogP contribution in [-0.4, -0.2) is 10.1 Å². The van der Waals surface area contributed by atoms with Crippen molar-refractivity contribution in [1.29, 1.82) is 0 Å². The molecule has 0 aliphatic carbocycles. The molecule has 0 bridgehead atoms. The van der Waals surface area contributed by atoms with Crippen molar-refractivity contribution in [2.45, 2.75) is 6.54 Å². The molecule has 0 atom stereocenters. The van der Waals surface area contributed by atoms with Gasteiger partial charge in [-0.15, -0.1) is 0 Å². The maximum absolute atomic E-state index is 5.35. The van der Waals surface area contributed by atoms with Crippen molar-refractivity contribution < 1.29 is 8.94 Å². The number of hydrogen-bond acceptors (Lipinski definition) is 5. The number of hydrogen-bond donors (Lipinski definition) is 1. The molecule has 5 heteroatoms. The quantitative estimate of drug-likeness (QED) is 0.711. The van der Waals surface area contributed by atoms with E-state index in [1.807, 2.05) is 0 Å². The van der Waals surface area contributed by atoms with Gasteiger partial charge in [0, 0.05) is 12.6 Å². The van der Waals surface area contributed by atoms with Crippen LogP contribution >= 0.6 is 0 Å². The third kappa shape index (κ3) is 1.10. The van der Waals surface area contributed by atoms with Gasteiger partial charge in [-0.3, -0.25) is 0 Å². The molecule has 62 valence electrons. The van der Waals surface area contributed by atoms with Crippen molar-refractivity contribution in [1.82, 2.24) is 10.1 Å². The van der Waals surface area contributed by atoms with Crippen LogP contribution in [0.2, 0.25) is 0 Å². The van der Waals surface area contributed by atoms with E-state index in [-0.39, 0.29) is 0 Å². The summed E-state index contributed by atoms with van der Waals surface area (Å²) in [5.41, 5.74) is 6.63. The van der Waals surface area contributed by atoms with Gasteiger partial charge in [-0.2, -0.15) is 0 Å². The van der Waals surface area contributed by atoms with Gasteiger partial charge in [-0.05, 0) is 0 Å². The van der Waals surface area contributed by atoms with Crippen LogP contribution in [0.3, 0.4) is 0 Å². The van der Waals surface area contributed by atoms with E-state index in [4.69, 9.17) is 10.2 Å². The van der Waals surface area contributed by atoms with Gasteiger partial charge in [0.05, 0.1) is 5.69 Å². The predicted molar refractivity (Wildman–Crippen MR) is 39.9 cm³/mol. The SMILES string of the molecule is NCc1coc(-c2ccon2)n1. The third-order valence-electron chi connectivity index (χ3n) is 1.42. The van der Waals surface area contributed by atoms with E-state index in [0.29, 0.717) is 23.8 Å². The zero-order chi connectivity index (χ0) is 8.39. The van der Waals surface area contributed by atoms with Gasteiger partial charge >= 0.3 is 0 Å². The van der Waals surface area contributed by atoms with Crippen molar-refractivity contribution in [2.75, 3.05) is 0 Å². The van der Waals surface area contributed by atoms with Crippen LogP contribution < -0.4 is 5.73 Å². The Hall–Kier alpha value is -1.62. The van der Waals surface area contributed by atoms with Gasteiger partial charge in [0.1, 0.15) is 12.5 Å². The summed E-state index contributed by atoms with van der Waals surface area (Å²) >= 11 is 0. The monoisotopic (exact) mass is 165 g/mol. The second kappa shape index (κ2) is 2.78. The molecular formula is C7H7N3O2. The molecule has 2 aromatic rings. The highest BCUT2D eigenvalue weighted by molar-refractivity contribution is 5.44. The minimum Gasteiger partial charge on any atom is -0.443 e. The van der Waals surface area contributed by atoms with Gasteiger partial charge in [0.2, 0.25) is 5.89 Å². The van der Waals surface area contributed by atoms with E-state index in [1.54, 1.807) is 6.07 Å². The number of oxazole rings is 1. The largest absolute Gasteiger partial charge is 0.443 e. The Morgan fingerprint density at radius 2 is 2.42 bits per heavy atom. The van der Waals surface area contributed by atoms with Gasteiger partial charge in [0.25, 0.3) is 0 Å². The number of nitrogens with two attached hydrogens (primary N) is 1. The lowest BCUT2D eigenvalue weighted by Crippen LogP contribution is -1.95. The van der Waals surface area contributed by atoms with E-state index < -0.39 is 0 Å². The van der Waals surface area contributed by atoms with Crippen LogP contribution in [-0.2, 0) is 6.54 Å². The Bertz CT molecular complexity index is 352. The van der Waals surface area contributed by atoms with Gasteiger partial charge in [-0.25, -0.2) is 4.98 Å². The molecule has 0 aliphatic heterocycles. The first kappa shape index (κ1) is 7.05. The smallest absolute Gasteiger partial charge is 0.248 e. The topological polar surface area (TPSA) is 78.1 Å². The first-order chi connectivity index (χ1) is 5.90. The van der Waals surface area contributed by atoms with E-state index >= 15 is 0 Å². The molecule has 0 saturated heterocycles. The summed E-state index contributed by atoms with van der Waals surface area (Å²) in [7, 11) is 0. The molecule has 0 spiro atoms. The lowest BCUT2D eigenvalue weighted by Gasteiger charge is -1.82. The second-order valence-electron chi connectivity index (χ2n) is 2.23. The summed E-state index contributed by atoms with van der Waals surface area (Å²) in [5, 5.41) is 3.66. The van der Waals surface area contributed by atoms with Crippen LogP contribution in [0.4, 0.5) is 0 Å². The zero-order valence-electron chi connectivity index (χ0n) is 6.23. The maximum Gasteiger partial charge on any atom is 0.248 e. The Morgan fingerprint density at radius 3 is 3.00 bits per heavy atom. The van der Waals surface area contributed by atoms with Crippen molar-refractivity contribution >= 4 is 0 Å². The molecule has 0 fully saturated rings. The lowest BCUT2D eigenvalue weighted by molar-refractivity contribution is 0.419. The average molecular weight is 165 g/mol. The van der Waals surface area contributed by atoms with Crippen molar-refractivity contribution in [3.05, 3.63) is 24.3 Å². The summed E-state index contributed by atoms with van der Waals surface area (Å²) in [5.74, 6) is 0.434. The van der Waals surface area contributed by atoms with Crippen LogP contribution in [0.15, 0.2) is 27.5 Å². The molecule has 0 saturated carbocycles. The summed E-state index contributed by atoms with van der Waals surface area (Å²) < 4.78 is 9.72. The molecule has 5 nitrogen and oxygen atoms in total. The molecule has 0 amide bonds. The first-order valence-electron chi connectivity index (χ1n) is 3.45. The highest BCUT2D eigenvalue weighted by Crippen LogP contribution is 2.15. The molecule has 0 radical (unpaired) electrons. The van der Waals surface area contributed by atoms with Gasteiger partial charge < -0.3 is 14.7 Å². The summed E-state index contributed by atoms with van der Waals surface area (Å²) in [6.07, 6.45) is 2.96. The Morgan fingerprint density at radius 1 is 1.50 bits per heavy atom. The highest BCUT2D eigenvalue weighted by Gasteiger charge is 2.07. The minimum atomic E-state index is 0.362. The lowest BCUT2D eigenvalue weighted by atomic mass is 10.4. The predicted octanol–water partition coefficient (Wildman–Crippen LogP) is 0.788. The van der Waals surface area contributed by atoms with Gasteiger partial charge in [0.15, 0.2) is 5.69 Å². The molecule has 0 unspecified atom stereocenters. The van der Waals surface area contributed by atoms with E-state index in [9.17, 15) is 0 Å². The zero-order valence-corrected chi connectivity index (χ0v) is 6.23. The Kier molecular flexibility index (Phi) is 1.64. The summed E-state index contributed by atoms with van der Waals surface area (Å²) in [6, 6.07) is 1.67. The fourth-order valence-corrected chi connectivity index (χ4v) is 0.841. The molecule has 2 heterocycles. The third-order valence-corrected chi connectivity index (χ3v) is 1.42. The Balaban J connectivity index is 2.35. The van der Waals surface area contributed by atoms with Crippen molar-refractivity contribution in [3.8, 4) is 11.6 Å². The van der Waals surface area contributed by atoms with Crippen LogP contribution in [0.1, 0.15) is 5.69 Å². The average Bonchev–Trinajstić information content (AvgIpc) is 2.75. The molecule has 12 heavy (non-hydrogen) atoms. The van der Waals surface area contributed by atoms with E-state index in [2.05, 4.69) is 14.7 Å². The van der Waals surface area contributed by atoms with Crippen LogP contribution in [0, 0.1) is 0 Å². The first-order valence-corrected chi connectivity index (χ1v) is 3.45. The van der Waals surface area contributed by atoms with Crippen LogP contribution in [0.25, 0.3) is 11.6 Å². The maximum atomic E-state index is 5.35. The minimum absolute atomic E-state index is 0.362. The highest BCUT2D eigenvalue weighted by atomic mass is 16.5. The van der Waals surface area contributed by atoms with Crippen LogP contribution in [0.5, 0.6) is 0 Å². The van der Waals surface area contributed by atoms with Crippen molar-refractivity contribution in [3.63, 3.8) is 0 Å². The molecule has 0 aromatic carbocycles.